The van der Waals surface area contributed by atoms with Crippen LogP contribution in [0.25, 0.3) is 11.0 Å². The van der Waals surface area contributed by atoms with E-state index in [-0.39, 0.29) is 0 Å². The molecule has 4 nitrogen and oxygen atoms in total. The summed E-state index contributed by atoms with van der Waals surface area (Å²) >= 11 is 0. The zero-order chi connectivity index (χ0) is 8.55. The van der Waals surface area contributed by atoms with E-state index in [4.69, 9.17) is 0 Å². The Bertz CT molecular complexity index is 404. The molecule has 0 saturated heterocycles. The minimum Gasteiger partial charge on any atom is -0.388 e. The Kier molecular flexibility index (Phi) is 1.46. The molecule has 1 heterocycles. The number of benzene rings is 1. The Balaban J connectivity index is 2.71. The van der Waals surface area contributed by atoms with Crippen molar-refractivity contribution < 1.29 is 0 Å². The van der Waals surface area contributed by atoms with Crippen LogP contribution in [-0.2, 0) is 7.05 Å². The monoisotopic (exact) mass is 162 g/mol. The van der Waals surface area contributed by atoms with Crippen LogP contribution in [0.3, 0.4) is 0 Å². The summed E-state index contributed by atoms with van der Waals surface area (Å²) in [5.74, 6) is 0. The van der Waals surface area contributed by atoms with E-state index >= 15 is 0 Å². The minimum atomic E-state index is 0.927. The molecule has 0 aliphatic rings. The summed E-state index contributed by atoms with van der Waals surface area (Å²) in [6, 6.07) is 5.96. The molecule has 0 spiro atoms. The number of aryl methyl sites for hydroxylation is 1. The molecule has 2 aromatic rings. The van der Waals surface area contributed by atoms with Gasteiger partial charge in [-0.05, 0) is 18.2 Å². The Morgan fingerprint density at radius 1 is 1.42 bits per heavy atom. The molecule has 0 saturated carbocycles. The average Bonchev–Trinajstić information content (AvgIpc) is 2.47. The van der Waals surface area contributed by atoms with E-state index in [9.17, 15) is 0 Å². The molecule has 62 valence electrons. The standard InChI is InChI=1S/C8H10N4/c1-9-6-3-4-7-8(5-6)12(2)11-10-7/h3-5,9H,1-2H3. The highest BCUT2D eigenvalue weighted by Crippen LogP contribution is 2.15. The second kappa shape index (κ2) is 2.48. The number of nitrogens with zero attached hydrogens (tertiary/aromatic N) is 3. The first-order valence-corrected chi connectivity index (χ1v) is 3.78. The van der Waals surface area contributed by atoms with Crippen LogP contribution in [0, 0.1) is 0 Å². The van der Waals surface area contributed by atoms with Crippen LogP contribution in [0.5, 0.6) is 0 Å². The minimum absolute atomic E-state index is 0.927. The summed E-state index contributed by atoms with van der Waals surface area (Å²) in [5.41, 5.74) is 3.05. The molecule has 0 aliphatic carbocycles. The van der Waals surface area contributed by atoms with Crippen molar-refractivity contribution in [2.45, 2.75) is 0 Å². The molecule has 1 aromatic carbocycles. The second-order valence-electron chi connectivity index (χ2n) is 2.67. The van der Waals surface area contributed by atoms with Gasteiger partial charge in [0.05, 0.1) is 5.52 Å². The van der Waals surface area contributed by atoms with E-state index < -0.39 is 0 Å². The summed E-state index contributed by atoms with van der Waals surface area (Å²) in [6.45, 7) is 0. The number of aromatic nitrogens is 3. The molecule has 1 N–H and O–H groups in total. The van der Waals surface area contributed by atoms with Crippen molar-refractivity contribution in [3.05, 3.63) is 18.2 Å². The fourth-order valence-corrected chi connectivity index (χ4v) is 1.19. The fourth-order valence-electron chi connectivity index (χ4n) is 1.19. The van der Waals surface area contributed by atoms with Gasteiger partial charge in [0, 0.05) is 19.8 Å². The first-order chi connectivity index (χ1) is 5.81. The average molecular weight is 162 g/mol. The summed E-state index contributed by atoms with van der Waals surface area (Å²) in [4.78, 5) is 0. The zero-order valence-corrected chi connectivity index (χ0v) is 7.07. The van der Waals surface area contributed by atoms with Gasteiger partial charge in [-0.15, -0.1) is 5.10 Å². The summed E-state index contributed by atoms with van der Waals surface area (Å²) in [5, 5.41) is 11.0. The van der Waals surface area contributed by atoms with E-state index in [1.165, 1.54) is 0 Å². The first kappa shape index (κ1) is 7.09. The van der Waals surface area contributed by atoms with E-state index in [0.29, 0.717) is 0 Å². The molecule has 0 amide bonds. The van der Waals surface area contributed by atoms with Crippen LogP contribution in [0.4, 0.5) is 5.69 Å². The van der Waals surface area contributed by atoms with E-state index in [2.05, 4.69) is 15.6 Å². The third-order valence-corrected chi connectivity index (χ3v) is 1.90. The Labute approximate surface area is 70.2 Å². The van der Waals surface area contributed by atoms with Gasteiger partial charge in [-0.3, -0.25) is 0 Å². The number of anilines is 1. The number of hydrogen-bond acceptors (Lipinski definition) is 3. The van der Waals surface area contributed by atoms with Crippen molar-refractivity contribution in [3.63, 3.8) is 0 Å². The predicted octanol–water partition coefficient (Wildman–Crippen LogP) is 1.01. The molecule has 0 unspecified atom stereocenters. The maximum atomic E-state index is 3.98. The largest absolute Gasteiger partial charge is 0.388 e. The predicted molar refractivity (Wildman–Crippen MR) is 48.1 cm³/mol. The first-order valence-electron chi connectivity index (χ1n) is 3.78. The molecule has 1 aromatic heterocycles. The van der Waals surface area contributed by atoms with E-state index in [0.717, 1.165) is 16.7 Å². The third kappa shape index (κ3) is 0.922. The molecule has 0 fully saturated rings. The van der Waals surface area contributed by atoms with Crippen molar-refractivity contribution in [3.8, 4) is 0 Å². The van der Waals surface area contributed by atoms with Gasteiger partial charge in [-0.2, -0.15) is 0 Å². The van der Waals surface area contributed by atoms with Gasteiger partial charge in [-0.1, -0.05) is 5.21 Å². The van der Waals surface area contributed by atoms with Crippen LogP contribution in [-0.4, -0.2) is 22.0 Å². The smallest absolute Gasteiger partial charge is 0.113 e. The van der Waals surface area contributed by atoms with Gasteiger partial charge in [0.25, 0.3) is 0 Å². The Morgan fingerprint density at radius 2 is 2.25 bits per heavy atom. The van der Waals surface area contributed by atoms with Gasteiger partial charge >= 0.3 is 0 Å². The summed E-state index contributed by atoms with van der Waals surface area (Å²) < 4.78 is 1.76. The van der Waals surface area contributed by atoms with Gasteiger partial charge in [0.15, 0.2) is 0 Å². The van der Waals surface area contributed by atoms with Crippen LogP contribution < -0.4 is 5.32 Å². The fraction of sp³-hybridized carbons (Fsp3) is 0.250. The lowest BCUT2D eigenvalue weighted by atomic mass is 10.3. The molecule has 0 radical (unpaired) electrons. The molecular formula is C8H10N4. The van der Waals surface area contributed by atoms with Crippen LogP contribution in [0.15, 0.2) is 18.2 Å². The number of rotatable bonds is 1. The molecule has 4 heteroatoms. The SMILES string of the molecule is CNc1ccc2nnn(C)c2c1. The molecule has 0 aliphatic heterocycles. The zero-order valence-electron chi connectivity index (χ0n) is 7.07. The van der Waals surface area contributed by atoms with Crippen molar-refractivity contribution in [1.82, 2.24) is 15.0 Å². The number of hydrogen-bond donors (Lipinski definition) is 1. The van der Waals surface area contributed by atoms with Crippen LogP contribution in [0.2, 0.25) is 0 Å². The number of nitrogens with one attached hydrogen (secondary N) is 1. The maximum absolute atomic E-state index is 3.98. The van der Waals surface area contributed by atoms with Gasteiger partial charge in [0.1, 0.15) is 5.52 Å². The van der Waals surface area contributed by atoms with Crippen molar-refractivity contribution in [2.24, 2.45) is 7.05 Å². The molecule has 0 bridgehead atoms. The summed E-state index contributed by atoms with van der Waals surface area (Å²) in [6.07, 6.45) is 0. The van der Waals surface area contributed by atoms with Crippen LogP contribution >= 0.6 is 0 Å². The lowest BCUT2D eigenvalue weighted by Gasteiger charge is -1.98. The van der Waals surface area contributed by atoms with Crippen molar-refractivity contribution in [1.29, 1.82) is 0 Å². The normalized spacial score (nSPS) is 10.5. The molecule has 0 atom stereocenters. The van der Waals surface area contributed by atoms with Crippen molar-refractivity contribution in [2.75, 3.05) is 12.4 Å². The summed E-state index contributed by atoms with van der Waals surface area (Å²) in [7, 11) is 3.78. The Hall–Kier alpha value is -1.58. The third-order valence-electron chi connectivity index (χ3n) is 1.90. The topological polar surface area (TPSA) is 42.7 Å². The lowest BCUT2D eigenvalue weighted by Crippen LogP contribution is -1.91. The highest BCUT2D eigenvalue weighted by molar-refractivity contribution is 5.78. The highest BCUT2D eigenvalue weighted by Gasteiger charge is 2.00. The molecule has 2 rings (SSSR count). The lowest BCUT2D eigenvalue weighted by molar-refractivity contribution is 0.736. The van der Waals surface area contributed by atoms with Gasteiger partial charge < -0.3 is 5.32 Å². The molecule has 12 heavy (non-hydrogen) atoms. The highest BCUT2D eigenvalue weighted by atomic mass is 15.4. The van der Waals surface area contributed by atoms with Gasteiger partial charge in [-0.25, -0.2) is 4.68 Å². The Morgan fingerprint density at radius 3 is 3.00 bits per heavy atom. The van der Waals surface area contributed by atoms with E-state index in [1.807, 2.05) is 32.3 Å². The van der Waals surface area contributed by atoms with E-state index in [1.54, 1.807) is 4.68 Å². The van der Waals surface area contributed by atoms with Gasteiger partial charge in [0.2, 0.25) is 0 Å². The number of fused-ring (bicyclic) bond motifs is 1. The second-order valence-corrected chi connectivity index (χ2v) is 2.67. The molecular weight excluding hydrogens is 152 g/mol. The van der Waals surface area contributed by atoms with Crippen LogP contribution in [0.1, 0.15) is 0 Å². The quantitative estimate of drug-likeness (QED) is 0.680. The van der Waals surface area contributed by atoms with Crippen molar-refractivity contribution >= 4 is 16.7 Å². The maximum Gasteiger partial charge on any atom is 0.113 e.